The van der Waals surface area contributed by atoms with Crippen LogP contribution in [0.4, 0.5) is 10.3 Å². The number of nitrogens with one attached hydrogen (secondary N) is 1. The van der Waals surface area contributed by atoms with Crippen LogP contribution < -0.4 is 15.0 Å². The van der Waals surface area contributed by atoms with Gasteiger partial charge in [0.2, 0.25) is 11.9 Å². The summed E-state index contributed by atoms with van der Waals surface area (Å²) in [5.41, 5.74) is 1.79. The zero-order chi connectivity index (χ0) is 22.6. The van der Waals surface area contributed by atoms with E-state index in [4.69, 9.17) is 9.72 Å². The lowest BCUT2D eigenvalue weighted by Crippen LogP contribution is -2.58. The minimum atomic E-state index is -0.505. The number of anilines is 1. The number of nitrogens with zero attached hydrogens (tertiary/aromatic N) is 4. The largest absolute Gasteiger partial charge is 0.491 e. The van der Waals surface area contributed by atoms with Crippen LogP contribution in [0.5, 0.6) is 5.75 Å². The van der Waals surface area contributed by atoms with E-state index in [0.717, 1.165) is 43.7 Å². The highest BCUT2D eigenvalue weighted by molar-refractivity contribution is 5.79. The second-order valence-corrected chi connectivity index (χ2v) is 9.32. The van der Waals surface area contributed by atoms with E-state index in [1.807, 2.05) is 30.3 Å². The van der Waals surface area contributed by atoms with Crippen LogP contribution in [0.15, 0.2) is 36.5 Å². The Kier molecular flexibility index (Phi) is 6.71. The van der Waals surface area contributed by atoms with Crippen molar-refractivity contribution in [3.8, 4) is 17.0 Å². The third-order valence-corrected chi connectivity index (χ3v) is 7.27. The van der Waals surface area contributed by atoms with Crippen molar-refractivity contribution in [1.82, 2.24) is 20.2 Å². The fraction of sp³-hybridized carbons (Fsp3) is 0.560. The molecule has 4 aliphatic heterocycles. The van der Waals surface area contributed by atoms with Crippen molar-refractivity contribution < 1.29 is 13.9 Å². The summed E-state index contributed by atoms with van der Waals surface area (Å²) in [6.45, 7) is 4.49. The molecule has 176 valence electrons. The quantitative estimate of drug-likeness (QED) is 0.695. The first-order valence-corrected chi connectivity index (χ1v) is 12.1. The second-order valence-electron chi connectivity index (χ2n) is 9.32. The first-order chi connectivity index (χ1) is 16.2. The average Bonchev–Trinajstić information content (AvgIpc) is 2.89. The van der Waals surface area contributed by atoms with Gasteiger partial charge in [-0.15, -0.1) is 0 Å². The van der Waals surface area contributed by atoms with Gasteiger partial charge < -0.3 is 19.9 Å². The van der Waals surface area contributed by atoms with Gasteiger partial charge in [-0.25, -0.2) is 14.4 Å². The summed E-state index contributed by atoms with van der Waals surface area (Å²) in [6.07, 6.45) is 5.84. The average molecular weight is 454 g/mol. The summed E-state index contributed by atoms with van der Waals surface area (Å²) in [7, 11) is 0. The molecule has 2 bridgehead atoms. The Morgan fingerprint density at radius 2 is 1.82 bits per heavy atom. The van der Waals surface area contributed by atoms with Gasteiger partial charge in [-0.3, -0.25) is 4.79 Å². The van der Waals surface area contributed by atoms with Crippen LogP contribution in [0.25, 0.3) is 11.3 Å². The molecule has 2 aromatic rings. The van der Waals surface area contributed by atoms with Gasteiger partial charge in [0.15, 0.2) is 0 Å². The number of alkyl halides is 1. The van der Waals surface area contributed by atoms with E-state index in [-0.39, 0.29) is 18.4 Å². The smallest absolute Gasteiger partial charge is 0.225 e. The van der Waals surface area contributed by atoms with Gasteiger partial charge in [-0.1, -0.05) is 0 Å². The van der Waals surface area contributed by atoms with E-state index in [1.165, 1.54) is 25.9 Å². The number of hydrogen-bond acceptors (Lipinski definition) is 6. The maximum absolute atomic E-state index is 12.9. The number of fused-ring (bicyclic) bond motifs is 3. The topological polar surface area (TPSA) is 70.6 Å². The Morgan fingerprint density at radius 1 is 1.06 bits per heavy atom. The molecule has 1 unspecified atom stereocenters. The standard InChI is InChI=1S/C25H32FN5O2/c26-10-16-33-21-3-1-18(2-4-21)22-5-11-27-25(29-22)31-14-8-20(9-15-31)24(32)28-23-17-30-12-6-19(23)7-13-30/h1-5,11,19-20,23H,6-10,12-17H2,(H,28,32). The lowest BCUT2D eigenvalue weighted by molar-refractivity contribution is -0.127. The van der Waals surface area contributed by atoms with Gasteiger partial charge in [0.05, 0.1) is 5.69 Å². The Labute approximate surface area is 194 Å². The Hall–Kier alpha value is -2.74. The van der Waals surface area contributed by atoms with Crippen molar-refractivity contribution in [3.63, 3.8) is 0 Å². The highest BCUT2D eigenvalue weighted by Gasteiger charge is 2.36. The Balaban J connectivity index is 1.16. The zero-order valence-corrected chi connectivity index (χ0v) is 19.0. The maximum Gasteiger partial charge on any atom is 0.225 e. The monoisotopic (exact) mass is 453 g/mol. The fourth-order valence-electron chi connectivity index (χ4n) is 5.31. The number of aromatic nitrogens is 2. The summed E-state index contributed by atoms with van der Waals surface area (Å²) in [4.78, 5) is 26.8. The number of ether oxygens (including phenoxy) is 1. The molecule has 7 nitrogen and oxygen atoms in total. The van der Waals surface area contributed by atoms with Gasteiger partial charge >= 0.3 is 0 Å². The van der Waals surface area contributed by atoms with Gasteiger partial charge in [0, 0.05) is 43.4 Å². The maximum atomic E-state index is 12.9. The van der Waals surface area contributed by atoms with E-state index in [0.29, 0.717) is 23.7 Å². The number of carbonyl (C=O) groups excluding carboxylic acids is 1. The number of piperidine rings is 4. The summed E-state index contributed by atoms with van der Waals surface area (Å²) in [6, 6.07) is 9.70. The van der Waals surface area contributed by atoms with E-state index in [9.17, 15) is 9.18 Å². The Bertz CT molecular complexity index is 940. The number of amides is 1. The van der Waals surface area contributed by atoms with Gasteiger partial charge in [0.25, 0.3) is 0 Å². The van der Waals surface area contributed by atoms with Crippen LogP contribution in [0.3, 0.4) is 0 Å². The van der Waals surface area contributed by atoms with Crippen molar-refractivity contribution in [2.24, 2.45) is 11.8 Å². The minimum absolute atomic E-state index is 0.0602. The molecule has 33 heavy (non-hydrogen) atoms. The molecular formula is C25H32FN5O2. The lowest BCUT2D eigenvalue weighted by Gasteiger charge is -2.45. The molecule has 4 saturated heterocycles. The van der Waals surface area contributed by atoms with Crippen LogP contribution in [-0.4, -0.2) is 72.8 Å². The number of halogens is 1. The van der Waals surface area contributed by atoms with E-state index < -0.39 is 6.67 Å². The first-order valence-electron chi connectivity index (χ1n) is 12.1. The van der Waals surface area contributed by atoms with Crippen molar-refractivity contribution >= 4 is 11.9 Å². The van der Waals surface area contributed by atoms with E-state index in [2.05, 4.69) is 20.1 Å². The molecule has 1 aromatic heterocycles. The number of hydrogen-bond donors (Lipinski definition) is 1. The predicted octanol–water partition coefficient (Wildman–Crippen LogP) is 2.92. The highest BCUT2D eigenvalue weighted by Crippen LogP contribution is 2.29. The molecular weight excluding hydrogens is 421 g/mol. The number of benzene rings is 1. The zero-order valence-electron chi connectivity index (χ0n) is 19.0. The lowest BCUT2D eigenvalue weighted by atomic mass is 9.83. The molecule has 6 rings (SSSR count). The summed E-state index contributed by atoms with van der Waals surface area (Å²) in [5, 5.41) is 3.36. The third kappa shape index (κ3) is 5.11. The van der Waals surface area contributed by atoms with Crippen LogP contribution in [0, 0.1) is 11.8 Å². The van der Waals surface area contributed by atoms with Crippen LogP contribution in [0.2, 0.25) is 0 Å². The fourth-order valence-corrected chi connectivity index (χ4v) is 5.31. The Morgan fingerprint density at radius 3 is 2.48 bits per heavy atom. The molecule has 4 aliphatic rings. The molecule has 1 atom stereocenters. The van der Waals surface area contributed by atoms with Crippen molar-refractivity contribution in [1.29, 1.82) is 0 Å². The number of carbonyl (C=O) groups is 1. The molecule has 1 aromatic carbocycles. The summed E-state index contributed by atoms with van der Waals surface area (Å²) in [5.74, 6) is 2.28. The number of rotatable bonds is 7. The van der Waals surface area contributed by atoms with Crippen molar-refractivity contribution in [2.45, 2.75) is 31.7 Å². The summed E-state index contributed by atoms with van der Waals surface area (Å²) >= 11 is 0. The second kappa shape index (κ2) is 10.0. The summed E-state index contributed by atoms with van der Waals surface area (Å²) < 4.78 is 17.6. The van der Waals surface area contributed by atoms with Crippen LogP contribution in [-0.2, 0) is 4.79 Å². The molecule has 1 amide bonds. The highest BCUT2D eigenvalue weighted by atomic mass is 19.1. The third-order valence-electron chi connectivity index (χ3n) is 7.27. The molecule has 0 saturated carbocycles. The van der Waals surface area contributed by atoms with Crippen molar-refractivity contribution in [2.75, 3.05) is 50.9 Å². The normalized spacial score (nSPS) is 25.1. The van der Waals surface area contributed by atoms with Crippen molar-refractivity contribution in [3.05, 3.63) is 36.5 Å². The first kappa shape index (κ1) is 22.1. The molecule has 5 heterocycles. The molecule has 8 heteroatoms. The van der Waals surface area contributed by atoms with Crippen LogP contribution in [0.1, 0.15) is 25.7 Å². The van der Waals surface area contributed by atoms with Gasteiger partial charge in [-0.05, 0) is 75.0 Å². The van der Waals surface area contributed by atoms with E-state index in [1.54, 1.807) is 6.20 Å². The predicted molar refractivity (Wildman–Crippen MR) is 125 cm³/mol. The minimum Gasteiger partial charge on any atom is -0.491 e. The molecule has 0 spiro atoms. The molecule has 4 fully saturated rings. The molecule has 0 aliphatic carbocycles. The van der Waals surface area contributed by atoms with Gasteiger partial charge in [-0.2, -0.15) is 0 Å². The molecule has 0 radical (unpaired) electrons. The SMILES string of the molecule is O=C(NC1CN2CCC1CC2)C1CCN(c2nccc(-c3ccc(OCCF)cc3)n2)CC1. The van der Waals surface area contributed by atoms with E-state index >= 15 is 0 Å². The van der Waals surface area contributed by atoms with Gasteiger partial charge in [0.1, 0.15) is 19.0 Å². The van der Waals surface area contributed by atoms with Crippen LogP contribution >= 0.6 is 0 Å². The molecule has 1 N–H and O–H groups in total.